The largest absolute Gasteiger partial charge is 0.352 e. The standard InChI is InChI=1S/C14H21FN4O/c15-12-6-3-5-11(13(12)18-16)14(20)17-7-4-10-19-8-1-2-9-19/h3,5-6,18H,1-2,4,7-10,16H2,(H,17,20). The second kappa shape index (κ2) is 7.21. The first-order valence-electron chi connectivity index (χ1n) is 6.98. The molecule has 4 N–H and O–H groups in total. The first kappa shape index (κ1) is 14.7. The molecule has 1 heterocycles. The van der Waals surface area contributed by atoms with Gasteiger partial charge in [0.15, 0.2) is 0 Å². The average molecular weight is 280 g/mol. The number of carbonyl (C=O) groups is 1. The number of carbonyl (C=O) groups excluding carboxylic acids is 1. The van der Waals surface area contributed by atoms with Crippen molar-refractivity contribution in [2.75, 3.05) is 31.6 Å². The van der Waals surface area contributed by atoms with Gasteiger partial charge in [-0.05, 0) is 51.0 Å². The van der Waals surface area contributed by atoms with Gasteiger partial charge in [-0.2, -0.15) is 0 Å². The topological polar surface area (TPSA) is 70.4 Å². The van der Waals surface area contributed by atoms with Crippen molar-refractivity contribution in [3.8, 4) is 0 Å². The van der Waals surface area contributed by atoms with Crippen molar-refractivity contribution in [1.82, 2.24) is 10.2 Å². The lowest BCUT2D eigenvalue weighted by Gasteiger charge is -2.15. The number of halogens is 1. The van der Waals surface area contributed by atoms with Gasteiger partial charge >= 0.3 is 0 Å². The number of hydrogen-bond acceptors (Lipinski definition) is 4. The van der Waals surface area contributed by atoms with E-state index in [4.69, 9.17) is 5.84 Å². The van der Waals surface area contributed by atoms with Crippen LogP contribution in [-0.4, -0.2) is 37.0 Å². The van der Waals surface area contributed by atoms with Gasteiger partial charge in [0.05, 0.1) is 11.3 Å². The summed E-state index contributed by atoms with van der Waals surface area (Å²) in [5.74, 6) is 4.41. The molecule has 110 valence electrons. The van der Waals surface area contributed by atoms with Gasteiger partial charge in [0, 0.05) is 6.54 Å². The number of nitrogens with two attached hydrogens (primary N) is 1. The molecule has 0 aliphatic carbocycles. The fraction of sp³-hybridized carbons (Fsp3) is 0.500. The Morgan fingerprint density at radius 1 is 1.35 bits per heavy atom. The van der Waals surface area contributed by atoms with E-state index in [1.54, 1.807) is 6.07 Å². The fourth-order valence-corrected chi connectivity index (χ4v) is 2.47. The SMILES string of the molecule is NNc1c(F)cccc1C(=O)NCCCN1CCCC1. The predicted molar refractivity (Wildman–Crippen MR) is 76.8 cm³/mol. The number of nitrogen functional groups attached to an aromatic ring is 1. The Morgan fingerprint density at radius 3 is 2.80 bits per heavy atom. The van der Waals surface area contributed by atoms with E-state index in [0.29, 0.717) is 6.54 Å². The number of amides is 1. The molecule has 1 saturated heterocycles. The molecule has 1 aliphatic heterocycles. The summed E-state index contributed by atoms with van der Waals surface area (Å²) in [6.45, 7) is 3.87. The van der Waals surface area contributed by atoms with Gasteiger partial charge in [0.2, 0.25) is 0 Å². The van der Waals surface area contributed by atoms with Gasteiger partial charge in [-0.25, -0.2) is 4.39 Å². The van der Waals surface area contributed by atoms with Gasteiger partial charge in [-0.15, -0.1) is 0 Å². The van der Waals surface area contributed by atoms with Crippen molar-refractivity contribution >= 4 is 11.6 Å². The lowest BCUT2D eigenvalue weighted by molar-refractivity contribution is 0.0952. The van der Waals surface area contributed by atoms with E-state index in [0.717, 1.165) is 26.1 Å². The molecule has 1 fully saturated rings. The number of benzene rings is 1. The third-order valence-electron chi connectivity index (χ3n) is 3.54. The monoisotopic (exact) mass is 280 g/mol. The minimum absolute atomic E-state index is 0.0320. The number of nitrogens with one attached hydrogen (secondary N) is 2. The highest BCUT2D eigenvalue weighted by atomic mass is 19.1. The summed E-state index contributed by atoms with van der Waals surface area (Å²) in [4.78, 5) is 14.4. The Bertz CT molecular complexity index is 460. The van der Waals surface area contributed by atoms with E-state index in [2.05, 4.69) is 15.6 Å². The van der Waals surface area contributed by atoms with Gasteiger partial charge < -0.3 is 15.6 Å². The zero-order chi connectivity index (χ0) is 14.4. The van der Waals surface area contributed by atoms with Crippen LogP contribution in [0, 0.1) is 5.82 Å². The molecule has 2 rings (SSSR count). The highest BCUT2D eigenvalue weighted by Crippen LogP contribution is 2.18. The molecule has 0 bridgehead atoms. The van der Waals surface area contributed by atoms with E-state index in [1.165, 1.54) is 25.0 Å². The summed E-state index contributed by atoms with van der Waals surface area (Å²) in [6, 6.07) is 4.31. The lowest BCUT2D eigenvalue weighted by Crippen LogP contribution is -2.29. The van der Waals surface area contributed by atoms with E-state index in [-0.39, 0.29) is 17.2 Å². The van der Waals surface area contributed by atoms with E-state index in [9.17, 15) is 9.18 Å². The van der Waals surface area contributed by atoms with Crippen molar-refractivity contribution in [2.24, 2.45) is 5.84 Å². The van der Waals surface area contributed by atoms with Crippen LogP contribution in [0.4, 0.5) is 10.1 Å². The van der Waals surface area contributed by atoms with Gasteiger partial charge in [0.1, 0.15) is 5.82 Å². The lowest BCUT2D eigenvalue weighted by atomic mass is 10.1. The maximum atomic E-state index is 13.5. The Balaban J connectivity index is 1.81. The summed E-state index contributed by atoms with van der Waals surface area (Å²) >= 11 is 0. The van der Waals surface area contributed by atoms with Crippen LogP contribution in [0.5, 0.6) is 0 Å². The molecule has 0 atom stereocenters. The molecule has 20 heavy (non-hydrogen) atoms. The smallest absolute Gasteiger partial charge is 0.253 e. The summed E-state index contributed by atoms with van der Waals surface area (Å²) in [6.07, 6.45) is 3.43. The second-order valence-corrected chi connectivity index (χ2v) is 4.96. The molecule has 1 aromatic rings. The normalized spacial score (nSPS) is 15.3. The number of para-hydroxylation sites is 1. The molecule has 0 saturated carbocycles. The van der Waals surface area contributed by atoms with E-state index >= 15 is 0 Å². The molecule has 1 aliphatic rings. The number of likely N-dealkylation sites (tertiary alicyclic amines) is 1. The zero-order valence-electron chi connectivity index (χ0n) is 11.5. The maximum absolute atomic E-state index is 13.5. The molecule has 0 radical (unpaired) electrons. The first-order chi connectivity index (χ1) is 9.72. The molecule has 6 heteroatoms. The Morgan fingerprint density at radius 2 is 2.10 bits per heavy atom. The minimum atomic E-state index is -0.530. The molecule has 0 aromatic heterocycles. The van der Waals surface area contributed by atoms with Gasteiger partial charge in [0.25, 0.3) is 5.91 Å². The van der Waals surface area contributed by atoms with Gasteiger partial charge in [-0.3, -0.25) is 10.6 Å². The summed E-state index contributed by atoms with van der Waals surface area (Å²) in [7, 11) is 0. The number of nitrogens with zero attached hydrogens (tertiary/aromatic N) is 1. The summed E-state index contributed by atoms with van der Waals surface area (Å²) in [5, 5.41) is 2.80. The van der Waals surface area contributed by atoms with E-state index < -0.39 is 5.82 Å². The van der Waals surface area contributed by atoms with Gasteiger partial charge in [-0.1, -0.05) is 6.07 Å². The van der Waals surface area contributed by atoms with Crippen molar-refractivity contribution in [3.05, 3.63) is 29.6 Å². The molecule has 0 unspecified atom stereocenters. The van der Waals surface area contributed by atoms with Crippen molar-refractivity contribution in [3.63, 3.8) is 0 Å². The highest BCUT2D eigenvalue weighted by molar-refractivity contribution is 5.99. The van der Waals surface area contributed by atoms with Crippen molar-refractivity contribution in [1.29, 1.82) is 0 Å². The molecule has 1 aromatic carbocycles. The van der Waals surface area contributed by atoms with Crippen LogP contribution in [0.2, 0.25) is 0 Å². The van der Waals surface area contributed by atoms with Crippen LogP contribution >= 0.6 is 0 Å². The fourth-order valence-electron chi connectivity index (χ4n) is 2.47. The van der Waals surface area contributed by atoms with E-state index in [1.807, 2.05) is 0 Å². The number of hydrazine groups is 1. The maximum Gasteiger partial charge on any atom is 0.253 e. The molecule has 0 spiro atoms. The van der Waals surface area contributed by atoms with Crippen LogP contribution in [0.25, 0.3) is 0 Å². The molecular weight excluding hydrogens is 259 g/mol. The van der Waals surface area contributed by atoms with Crippen LogP contribution in [0.1, 0.15) is 29.6 Å². The van der Waals surface area contributed by atoms with Crippen LogP contribution in [0.3, 0.4) is 0 Å². The zero-order valence-corrected chi connectivity index (χ0v) is 11.5. The van der Waals surface area contributed by atoms with Crippen LogP contribution < -0.4 is 16.6 Å². The number of hydrogen-bond donors (Lipinski definition) is 3. The number of rotatable bonds is 6. The molecule has 5 nitrogen and oxygen atoms in total. The average Bonchev–Trinajstić information content (AvgIpc) is 2.96. The quantitative estimate of drug-likeness (QED) is 0.418. The summed E-state index contributed by atoms with van der Waals surface area (Å²) in [5.41, 5.74) is 2.50. The molecular formula is C14H21FN4O. The predicted octanol–water partition coefficient (Wildman–Crippen LogP) is 1.33. The van der Waals surface area contributed by atoms with Crippen LogP contribution in [0.15, 0.2) is 18.2 Å². The Kier molecular flexibility index (Phi) is 5.31. The van der Waals surface area contributed by atoms with Crippen molar-refractivity contribution in [2.45, 2.75) is 19.3 Å². The third-order valence-corrected chi connectivity index (χ3v) is 3.54. The first-order valence-corrected chi connectivity index (χ1v) is 6.98. The molecule has 1 amide bonds. The Labute approximate surface area is 118 Å². The summed E-state index contributed by atoms with van der Waals surface area (Å²) < 4.78 is 13.5. The Hall–Kier alpha value is -1.66. The second-order valence-electron chi connectivity index (χ2n) is 4.96. The number of anilines is 1. The van der Waals surface area contributed by atoms with Crippen molar-refractivity contribution < 1.29 is 9.18 Å². The highest BCUT2D eigenvalue weighted by Gasteiger charge is 2.14. The minimum Gasteiger partial charge on any atom is -0.352 e. The van der Waals surface area contributed by atoms with Crippen LogP contribution in [-0.2, 0) is 0 Å². The third kappa shape index (κ3) is 3.68.